The van der Waals surface area contributed by atoms with E-state index in [2.05, 4.69) is 0 Å². The number of hydrogen-bond acceptors (Lipinski definition) is 2. The Hall–Kier alpha value is -0.730. The van der Waals surface area contributed by atoms with Crippen LogP contribution in [-0.4, -0.2) is 19.8 Å². The molecule has 1 aromatic carbocycles. The van der Waals surface area contributed by atoms with Crippen LogP contribution in [0.2, 0.25) is 5.02 Å². The molecule has 0 aliphatic carbocycles. The Balaban J connectivity index is 2.15. The van der Waals surface area contributed by atoms with Gasteiger partial charge in [0.05, 0.1) is 6.61 Å². The van der Waals surface area contributed by atoms with Gasteiger partial charge in [0.1, 0.15) is 5.75 Å². The fraction of sp³-hybridized carbons (Fsp3) is 0.455. The summed E-state index contributed by atoms with van der Waals surface area (Å²) in [5.74, 6) is 0.853. The first-order chi connectivity index (χ1) is 6.83. The van der Waals surface area contributed by atoms with Crippen molar-refractivity contribution in [2.24, 2.45) is 0 Å². The van der Waals surface area contributed by atoms with Crippen LogP contribution in [0, 0.1) is 0 Å². The van der Waals surface area contributed by atoms with Gasteiger partial charge in [-0.05, 0) is 31.2 Å². The van der Waals surface area contributed by atoms with Crippen molar-refractivity contribution in [2.45, 2.75) is 13.3 Å². The first-order valence-corrected chi connectivity index (χ1v) is 5.17. The molecule has 0 amide bonds. The molecule has 2 nitrogen and oxygen atoms in total. The minimum atomic E-state index is 0.682. The lowest BCUT2D eigenvalue weighted by Gasteiger charge is -2.05. The second-order valence-corrected chi connectivity index (χ2v) is 3.29. The topological polar surface area (TPSA) is 18.5 Å². The normalized spacial score (nSPS) is 10.1. The van der Waals surface area contributed by atoms with Crippen molar-refractivity contribution < 1.29 is 9.47 Å². The molecule has 0 N–H and O–H groups in total. The van der Waals surface area contributed by atoms with Crippen LogP contribution in [0.25, 0.3) is 0 Å². The Morgan fingerprint density at radius 3 is 2.50 bits per heavy atom. The molecular formula is C11H15ClO2. The maximum atomic E-state index is 5.74. The molecule has 0 aliphatic rings. The average molecular weight is 215 g/mol. The monoisotopic (exact) mass is 214 g/mol. The van der Waals surface area contributed by atoms with E-state index in [9.17, 15) is 0 Å². The lowest BCUT2D eigenvalue weighted by atomic mass is 10.3. The Morgan fingerprint density at radius 2 is 1.86 bits per heavy atom. The number of rotatable bonds is 6. The maximum absolute atomic E-state index is 5.74. The molecule has 0 atom stereocenters. The number of ether oxygens (including phenoxy) is 2. The fourth-order valence-electron chi connectivity index (χ4n) is 1.03. The predicted octanol–water partition coefficient (Wildman–Crippen LogP) is 3.15. The van der Waals surface area contributed by atoms with Gasteiger partial charge in [-0.1, -0.05) is 11.6 Å². The summed E-state index contributed by atoms with van der Waals surface area (Å²) in [6, 6.07) is 7.37. The standard InChI is InChI=1S/C11H15ClO2/c1-2-13-8-3-9-14-11-6-4-10(12)5-7-11/h4-7H,2-3,8-9H2,1H3. The van der Waals surface area contributed by atoms with Crippen molar-refractivity contribution in [1.82, 2.24) is 0 Å². The molecular weight excluding hydrogens is 200 g/mol. The van der Waals surface area contributed by atoms with Crippen LogP contribution in [-0.2, 0) is 4.74 Å². The van der Waals surface area contributed by atoms with Gasteiger partial charge in [-0.15, -0.1) is 0 Å². The van der Waals surface area contributed by atoms with Gasteiger partial charge in [-0.2, -0.15) is 0 Å². The zero-order chi connectivity index (χ0) is 10.2. The molecule has 0 unspecified atom stereocenters. The summed E-state index contributed by atoms with van der Waals surface area (Å²) in [6.45, 7) is 4.19. The van der Waals surface area contributed by atoms with Crippen molar-refractivity contribution in [3.05, 3.63) is 29.3 Å². The third-order valence-corrected chi connectivity index (χ3v) is 1.97. The number of hydrogen-bond donors (Lipinski definition) is 0. The lowest BCUT2D eigenvalue weighted by molar-refractivity contribution is 0.131. The minimum absolute atomic E-state index is 0.682. The summed E-state index contributed by atoms with van der Waals surface area (Å²) < 4.78 is 10.7. The van der Waals surface area contributed by atoms with Crippen LogP contribution in [0.3, 0.4) is 0 Å². The van der Waals surface area contributed by atoms with Crippen molar-refractivity contribution >= 4 is 11.6 Å². The van der Waals surface area contributed by atoms with Gasteiger partial charge in [0.15, 0.2) is 0 Å². The highest BCUT2D eigenvalue weighted by Gasteiger charge is 1.93. The minimum Gasteiger partial charge on any atom is -0.494 e. The van der Waals surface area contributed by atoms with E-state index in [4.69, 9.17) is 21.1 Å². The van der Waals surface area contributed by atoms with E-state index in [1.54, 1.807) is 0 Å². The summed E-state index contributed by atoms with van der Waals surface area (Å²) in [6.07, 6.45) is 0.913. The van der Waals surface area contributed by atoms with E-state index in [1.165, 1.54) is 0 Å². The second-order valence-electron chi connectivity index (χ2n) is 2.85. The second kappa shape index (κ2) is 6.68. The Labute approximate surface area is 89.8 Å². The molecule has 0 aromatic heterocycles. The van der Waals surface area contributed by atoms with Crippen LogP contribution in [0.4, 0.5) is 0 Å². The molecule has 0 saturated heterocycles. The molecule has 0 saturated carbocycles. The maximum Gasteiger partial charge on any atom is 0.119 e. The molecule has 1 aromatic rings. The zero-order valence-corrected chi connectivity index (χ0v) is 9.09. The summed E-state index contributed by atoms with van der Waals surface area (Å²) in [5.41, 5.74) is 0. The summed E-state index contributed by atoms with van der Waals surface area (Å²) in [4.78, 5) is 0. The highest BCUT2D eigenvalue weighted by Crippen LogP contribution is 2.15. The Kier molecular flexibility index (Phi) is 5.42. The zero-order valence-electron chi connectivity index (χ0n) is 8.33. The van der Waals surface area contributed by atoms with Crippen LogP contribution in [0.1, 0.15) is 13.3 Å². The smallest absolute Gasteiger partial charge is 0.119 e. The molecule has 0 radical (unpaired) electrons. The lowest BCUT2D eigenvalue weighted by Crippen LogP contribution is -2.02. The van der Waals surface area contributed by atoms with Gasteiger partial charge in [0.2, 0.25) is 0 Å². The quantitative estimate of drug-likeness (QED) is 0.678. The van der Waals surface area contributed by atoms with Crippen LogP contribution in [0.15, 0.2) is 24.3 Å². The van der Waals surface area contributed by atoms with Crippen molar-refractivity contribution in [2.75, 3.05) is 19.8 Å². The summed E-state index contributed by atoms with van der Waals surface area (Å²) in [5, 5.41) is 0.728. The van der Waals surface area contributed by atoms with Crippen molar-refractivity contribution in [1.29, 1.82) is 0 Å². The fourth-order valence-corrected chi connectivity index (χ4v) is 1.15. The molecule has 0 heterocycles. The van der Waals surface area contributed by atoms with Gasteiger partial charge >= 0.3 is 0 Å². The molecule has 14 heavy (non-hydrogen) atoms. The molecule has 0 bridgehead atoms. The molecule has 0 fully saturated rings. The highest BCUT2D eigenvalue weighted by molar-refractivity contribution is 6.30. The van der Waals surface area contributed by atoms with Gasteiger partial charge in [-0.25, -0.2) is 0 Å². The third-order valence-electron chi connectivity index (χ3n) is 1.72. The van der Waals surface area contributed by atoms with E-state index in [1.807, 2.05) is 31.2 Å². The predicted molar refractivity (Wildman–Crippen MR) is 58.1 cm³/mol. The van der Waals surface area contributed by atoms with Crippen LogP contribution in [0.5, 0.6) is 5.75 Å². The average Bonchev–Trinajstić information content (AvgIpc) is 2.21. The van der Waals surface area contributed by atoms with Gasteiger partial charge in [0.25, 0.3) is 0 Å². The van der Waals surface area contributed by atoms with Crippen LogP contribution < -0.4 is 4.74 Å². The molecule has 78 valence electrons. The van der Waals surface area contributed by atoms with E-state index in [0.717, 1.165) is 30.4 Å². The van der Waals surface area contributed by atoms with Crippen LogP contribution >= 0.6 is 11.6 Å². The molecule has 0 aliphatic heterocycles. The van der Waals surface area contributed by atoms with E-state index in [-0.39, 0.29) is 0 Å². The van der Waals surface area contributed by atoms with Crippen molar-refractivity contribution in [3.63, 3.8) is 0 Å². The largest absolute Gasteiger partial charge is 0.494 e. The molecule has 0 spiro atoms. The van der Waals surface area contributed by atoms with Crippen molar-refractivity contribution in [3.8, 4) is 5.75 Å². The van der Waals surface area contributed by atoms with Gasteiger partial charge in [-0.3, -0.25) is 0 Å². The van der Waals surface area contributed by atoms with E-state index < -0.39 is 0 Å². The molecule has 1 rings (SSSR count). The first kappa shape index (κ1) is 11.3. The molecule has 3 heteroatoms. The summed E-state index contributed by atoms with van der Waals surface area (Å²) >= 11 is 5.74. The number of halogens is 1. The third kappa shape index (κ3) is 4.49. The van der Waals surface area contributed by atoms with E-state index >= 15 is 0 Å². The number of benzene rings is 1. The highest BCUT2D eigenvalue weighted by atomic mass is 35.5. The summed E-state index contributed by atoms with van der Waals surface area (Å²) in [7, 11) is 0. The van der Waals surface area contributed by atoms with E-state index in [0.29, 0.717) is 6.61 Å². The Bertz CT molecular complexity index is 246. The SMILES string of the molecule is CCOCCCOc1ccc(Cl)cc1. The first-order valence-electron chi connectivity index (χ1n) is 4.79. The Morgan fingerprint density at radius 1 is 1.14 bits per heavy atom. The van der Waals surface area contributed by atoms with Gasteiger partial charge < -0.3 is 9.47 Å². The van der Waals surface area contributed by atoms with Gasteiger partial charge in [0, 0.05) is 24.7 Å².